The fourth-order valence-corrected chi connectivity index (χ4v) is 1.71. The zero-order valence-electron chi connectivity index (χ0n) is 7.79. The first-order valence-corrected chi connectivity index (χ1v) is 5.95. The number of hydrogen-bond acceptors (Lipinski definition) is 3. The molecule has 0 saturated carbocycles. The van der Waals surface area contributed by atoms with Crippen molar-refractivity contribution in [2.45, 2.75) is 32.6 Å². The molecule has 1 atom stereocenters. The smallest absolute Gasteiger partial charge is 0.330 e. The van der Waals surface area contributed by atoms with Gasteiger partial charge in [-0.2, -0.15) is 0 Å². The molecule has 0 bridgehead atoms. The van der Waals surface area contributed by atoms with Gasteiger partial charge < -0.3 is 5.73 Å². The van der Waals surface area contributed by atoms with Crippen molar-refractivity contribution in [3.05, 3.63) is 0 Å². The van der Waals surface area contributed by atoms with E-state index in [1.807, 2.05) is 0 Å². The van der Waals surface area contributed by atoms with Crippen LogP contribution in [-0.2, 0) is 9.09 Å². The first kappa shape index (κ1) is 12.0. The van der Waals surface area contributed by atoms with Crippen LogP contribution in [0, 0.1) is 0 Å². The van der Waals surface area contributed by atoms with Crippen LogP contribution in [0.4, 0.5) is 0 Å². The van der Waals surface area contributed by atoms with E-state index in [0.717, 1.165) is 19.3 Å². The van der Waals surface area contributed by atoms with Crippen LogP contribution in [0.5, 0.6) is 0 Å². The van der Waals surface area contributed by atoms with Crippen LogP contribution < -0.4 is 5.73 Å². The first-order valence-electron chi connectivity index (χ1n) is 4.59. The van der Waals surface area contributed by atoms with E-state index in [4.69, 9.17) is 10.3 Å². The summed E-state index contributed by atoms with van der Waals surface area (Å²) in [4.78, 5) is 0. The molecule has 0 saturated heterocycles. The van der Waals surface area contributed by atoms with Gasteiger partial charge in [-0.25, -0.2) is 0 Å². The van der Waals surface area contributed by atoms with Crippen LogP contribution in [0.15, 0.2) is 0 Å². The average Bonchev–Trinajstić information content (AvgIpc) is 2.09. The maximum Gasteiger partial charge on any atom is 0.508 e. The second-order valence-corrected chi connectivity index (χ2v) is 4.11. The van der Waals surface area contributed by atoms with Crippen molar-refractivity contribution in [2.24, 2.45) is 5.73 Å². The minimum Gasteiger partial charge on any atom is -0.330 e. The quantitative estimate of drug-likeness (QED) is 0.474. The third-order valence-corrected chi connectivity index (χ3v) is 2.68. The summed E-state index contributed by atoms with van der Waals surface area (Å²) < 4.78 is 16.1. The Balaban J connectivity index is 3.08. The monoisotopic (exact) mass is 192 g/mol. The van der Waals surface area contributed by atoms with E-state index < -0.39 is 8.03 Å². The molecule has 0 radical (unpaired) electrons. The number of nitrogens with two attached hydrogens (primary N) is 1. The van der Waals surface area contributed by atoms with Gasteiger partial charge in [0.2, 0.25) is 0 Å². The fourth-order valence-electron chi connectivity index (χ4n) is 0.803. The third kappa shape index (κ3) is 8.12. The molecule has 0 amide bonds. The van der Waals surface area contributed by atoms with Crippen LogP contribution in [-0.4, -0.2) is 19.3 Å². The summed E-state index contributed by atoms with van der Waals surface area (Å²) in [5.74, 6) is 0. The van der Waals surface area contributed by atoms with Gasteiger partial charge in [-0.15, -0.1) is 4.52 Å². The second kappa shape index (κ2) is 9.11. The van der Waals surface area contributed by atoms with Crippen molar-refractivity contribution >= 4 is 8.03 Å². The normalized spacial score (nSPS) is 11.7. The molecule has 3 nitrogen and oxygen atoms in total. The second-order valence-electron chi connectivity index (χ2n) is 2.74. The van der Waals surface area contributed by atoms with Crippen molar-refractivity contribution < 1.29 is 9.09 Å². The third-order valence-electron chi connectivity index (χ3n) is 1.53. The van der Waals surface area contributed by atoms with Crippen LogP contribution in [0.2, 0.25) is 0 Å². The zero-order chi connectivity index (χ0) is 9.23. The van der Waals surface area contributed by atoms with E-state index in [-0.39, 0.29) is 0 Å². The molecule has 12 heavy (non-hydrogen) atoms. The van der Waals surface area contributed by atoms with Gasteiger partial charge in [0, 0.05) is 6.42 Å². The van der Waals surface area contributed by atoms with Gasteiger partial charge in [-0.05, 0) is 17.5 Å². The SMILES string of the molecule is CCCCCO[P+](=O)CCCN. The molecule has 0 aromatic rings. The van der Waals surface area contributed by atoms with E-state index in [2.05, 4.69) is 6.92 Å². The van der Waals surface area contributed by atoms with Crippen molar-refractivity contribution in [1.82, 2.24) is 0 Å². The minimum atomic E-state index is -1.43. The molecule has 2 N–H and O–H groups in total. The molecule has 0 spiro atoms. The summed E-state index contributed by atoms with van der Waals surface area (Å²) in [6, 6.07) is 0. The highest BCUT2D eigenvalue weighted by atomic mass is 31.1. The minimum absolute atomic E-state index is 0.597. The maximum atomic E-state index is 11.0. The molecule has 0 fully saturated rings. The molecule has 0 aromatic carbocycles. The lowest BCUT2D eigenvalue weighted by molar-refractivity contribution is 0.317. The number of unbranched alkanes of at least 4 members (excludes halogenated alkanes) is 2. The predicted molar refractivity (Wildman–Crippen MR) is 51.6 cm³/mol. The van der Waals surface area contributed by atoms with E-state index in [0.29, 0.717) is 19.3 Å². The van der Waals surface area contributed by atoms with Crippen LogP contribution in [0.25, 0.3) is 0 Å². The lowest BCUT2D eigenvalue weighted by Crippen LogP contribution is -2.00. The summed E-state index contributed by atoms with van der Waals surface area (Å²) in [5.41, 5.74) is 5.27. The van der Waals surface area contributed by atoms with E-state index in [9.17, 15) is 4.57 Å². The van der Waals surface area contributed by atoms with Crippen molar-refractivity contribution in [1.29, 1.82) is 0 Å². The Bertz CT molecular complexity index is 120. The molecule has 0 heterocycles. The van der Waals surface area contributed by atoms with Gasteiger partial charge in [0.15, 0.2) is 6.16 Å². The first-order chi connectivity index (χ1) is 5.81. The Hall–Kier alpha value is 0.0200. The summed E-state index contributed by atoms with van der Waals surface area (Å²) in [6.45, 7) is 3.36. The van der Waals surface area contributed by atoms with Gasteiger partial charge in [0.25, 0.3) is 0 Å². The van der Waals surface area contributed by atoms with Crippen LogP contribution in [0.1, 0.15) is 32.6 Å². The molecule has 0 aliphatic heterocycles. The lowest BCUT2D eigenvalue weighted by atomic mass is 10.3. The van der Waals surface area contributed by atoms with Gasteiger partial charge in [0.1, 0.15) is 6.61 Å². The highest BCUT2D eigenvalue weighted by molar-refractivity contribution is 7.39. The molecule has 1 unspecified atom stereocenters. The Morgan fingerprint density at radius 3 is 2.67 bits per heavy atom. The van der Waals surface area contributed by atoms with Crippen LogP contribution in [0.3, 0.4) is 0 Å². The zero-order valence-corrected chi connectivity index (χ0v) is 8.69. The summed E-state index contributed by atoms with van der Waals surface area (Å²) in [5, 5.41) is 0. The van der Waals surface area contributed by atoms with E-state index in [1.54, 1.807) is 0 Å². The largest absolute Gasteiger partial charge is 0.508 e. The van der Waals surface area contributed by atoms with Gasteiger partial charge in [-0.3, -0.25) is 0 Å². The molecule has 0 rings (SSSR count). The van der Waals surface area contributed by atoms with Crippen LogP contribution >= 0.6 is 8.03 Å². The molecular weight excluding hydrogens is 173 g/mol. The van der Waals surface area contributed by atoms with E-state index in [1.165, 1.54) is 6.42 Å². The topological polar surface area (TPSA) is 52.3 Å². The Morgan fingerprint density at radius 1 is 1.33 bits per heavy atom. The van der Waals surface area contributed by atoms with Crippen molar-refractivity contribution in [3.8, 4) is 0 Å². The molecule has 0 aliphatic carbocycles. The molecule has 0 aromatic heterocycles. The standard InChI is InChI=1S/C8H19NO2P/c1-2-3-4-7-11-12(10)8-5-6-9/h2-9H2,1H3/q+1. The highest BCUT2D eigenvalue weighted by Gasteiger charge is 2.14. The predicted octanol–water partition coefficient (Wildman–Crippen LogP) is 2.28. The molecule has 4 heteroatoms. The molecule has 72 valence electrons. The molecular formula is C8H19NO2P+. The lowest BCUT2D eigenvalue weighted by Gasteiger charge is -1.91. The Kier molecular flexibility index (Phi) is 9.13. The maximum absolute atomic E-state index is 11.0. The van der Waals surface area contributed by atoms with Gasteiger partial charge in [-0.1, -0.05) is 19.8 Å². The van der Waals surface area contributed by atoms with E-state index >= 15 is 0 Å². The number of hydrogen-bond donors (Lipinski definition) is 1. The fraction of sp³-hybridized carbons (Fsp3) is 1.00. The Morgan fingerprint density at radius 2 is 2.08 bits per heavy atom. The summed E-state index contributed by atoms with van der Waals surface area (Å²) in [7, 11) is -1.43. The van der Waals surface area contributed by atoms with Gasteiger partial charge in [0.05, 0.1) is 0 Å². The van der Waals surface area contributed by atoms with Gasteiger partial charge >= 0.3 is 8.03 Å². The average molecular weight is 192 g/mol. The summed E-state index contributed by atoms with van der Waals surface area (Å²) in [6.07, 6.45) is 4.74. The Labute approximate surface area is 75.5 Å². The number of rotatable bonds is 8. The van der Waals surface area contributed by atoms with Crippen molar-refractivity contribution in [2.75, 3.05) is 19.3 Å². The molecule has 0 aliphatic rings. The highest BCUT2D eigenvalue weighted by Crippen LogP contribution is 2.22. The van der Waals surface area contributed by atoms with Crippen molar-refractivity contribution in [3.63, 3.8) is 0 Å². The summed E-state index contributed by atoms with van der Waals surface area (Å²) >= 11 is 0.